The molecular weight excluding hydrogens is 526 g/mol. The predicted octanol–water partition coefficient (Wildman–Crippen LogP) is 3.95. The number of rotatable bonds is 5. The van der Waals surface area contributed by atoms with E-state index in [1.807, 2.05) is 72.6 Å². The van der Waals surface area contributed by atoms with Crippen molar-refractivity contribution in [1.29, 1.82) is 0 Å². The Morgan fingerprint density at radius 2 is 1.67 bits per heavy atom. The van der Waals surface area contributed by atoms with Crippen molar-refractivity contribution in [3.63, 3.8) is 0 Å². The third-order valence-corrected chi connectivity index (χ3v) is 8.39. The quantitative estimate of drug-likeness (QED) is 0.462. The predicted molar refractivity (Wildman–Crippen MR) is 138 cm³/mol. The molecule has 0 radical (unpaired) electrons. The molecule has 1 fully saturated rings. The van der Waals surface area contributed by atoms with Gasteiger partial charge in [-0.05, 0) is 23.3 Å². The fourth-order valence-corrected chi connectivity index (χ4v) is 6.73. The molecule has 0 bridgehead atoms. The SMILES string of the molecule is COC(=O)[C@H]1[C@@H](O)[C@@]2(O)c3c(OC)cc(OC)cc3N(C)[C@@]2(c2ccc(Br)cc2)[C@@H]1c1ccccc1. The second-order valence-corrected chi connectivity index (χ2v) is 10.1. The molecule has 0 amide bonds. The van der Waals surface area contributed by atoms with Crippen molar-refractivity contribution < 1.29 is 29.2 Å². The summed E-state index contributed by atoms with van der Waals surface area (Å²) >= 11 is 3.50. The summed E-state index contributed by atoms with van der Waals surface area (Å²) in [6.07, 6.45) is -1.51. The topological polar surface area (TPSA) is 88.5 Å². The Kier molecular flexibility index (Phi) is 6.01. The molecule has 8 heteroatoms. The van der Waals surface area contributed by atoms with Crippen LogP contribution in [0.2, 0.25) is 0 Å². The standard InChI is InChI=1S/C28H28BrNO6/c1-30-20-14-19(34-2)15-21(35-3)24(20)28(33)25(31)22(26(32)36-4)23(16-8-6-5-7-9-16)27(28,30)17-10-12-18(29)13-11-17/h5-15,22-23,25,31,33H,1-4H3/t22-,23-,25-,27+,28+/m1/s1. The Morgan fingerprint density at radius 1 is 1.00 bits per heavy atom. The Balaban J connectivity index is 1.94. The van der Waals surface area contributed by atoms with Gasteiger partial charge in [0.25, 0.3) is 0 Å². The Morgan fingerprint density at radius 3 is 2.25 bits per heavy atom. The highest BCUT2D eigenvalue weighted by atomic mass is 79.9. The van der Waals surface area contributed by atoms with Crippen LogP contribution < -0.4 is 14.4 Å². The van der Waals surface area contributed by atoms with Crippen LogP contribution >= 0.6 is 15.9 Å². The van der Waals surface area contributed by atoms with Gasteiger partial charge in [0.15, 0.2) is 0 Å². The smallest absolute Gasteiger partial charge is 0.312 e. The number of halogens is 1. The van der Waals surface area contributed by atoms with Crippen LogP contribution in [0.1, 0.15) is 22.6 Å². The minimum Gasteiger partial charge on any atom is -0.497 e. The van der Waals surface area contributed by atoms with Gasteiger partial charge in [-0.25, -0.2) is 0 Å². The van der Waals surface area contributed by atoms with E-state index in [1.165, 1.54) is 14.2 Å². The lowest BCUT2D eigenvalue weighted by atomic mass is 9.68. The van der Waals surface area contributed by atoms with Crippen molar-refractivity contribution in [2.45, 2.75) is 23.2 Å². The Labute approximate surface area is 218 Å². The normalized spacial score (nSPS) is 28.4. The van der Waals surface area contributed by atoms with Gasteiger partial charge in [-0.15, -0.1) is 0 Å². The van der Waals surface area contributed by atoms with E-state index in [0.29, 0.717) is 22.7 Å². The minimum absolute atomic E-state index is 0.356. The lowest BCUT2D eigenvalue weighted by Gasteiger charge is -2.47. The van der Waals surface area contributed by atoms with Crippen LogP contribution in [-0.4, -0.2) is 50.7 Å². The van der Waals surface area contributed by atoms with E-state index in [4.69, 9.17) is 14.2 Å². The van der Waals surface area contributed by atoms with Crippen LogP contribution in [0.4, 0.5) is 5.69 Å². The first-order valence-corrected chi connectivity index (χ1v) is 12.4. The summed E-state index contributed by atoms with van der Waals surface area (Å²) in [5.41, 5.74) is -0.684. The lowest BCUT2D eigenvalue weighted by molar-refractivity contribution is -0.154. The van der Waals surface area contributed by atoms with E-state index < -0.39 is 35.0 Å². The average molecular weight is 554 g/mol. The van der Waals surface area contributed by atoms with Crippen molar-refractivity contribution >= 4 is 27.6 Å². The molecule has 5 rings (SSSR count). The van der Waals surface area contributed by atoms with Crippen LogP contribution in [-0.2, 0) is 20.7 Å². The third kappa shape index (κ3) is 3.01. The molecule has 188 valence electrons. The van der Waals surface area contributed by atoms with Gasteiger partial charge in [-0.2, -0.15) is 0 Å². The Bertz CT molecular complexity index is 1300. The highest BCUT2D eigenvalue weighted by molar-refractivity contribution is 9.10. The number of fused-ring (bicyclic) bond motifs is 3. The van der Waals surface area contributed by atoms with E-state index in [1.54, 1.807) is 13.2 Å². The van der Waals surface area contributed by atoms with Gasteiger partial charge in [-0.1, -0.05) is 58.4 Å². The van der Waals surface area contributed by atoms with Gasteiger partial charge in [0.1, 0.15) is 28.7 Å². The summed E-state index contributed by atoms with van der Waals surface area (Å²) in [5, 5.41) is 24.9. The number of hydrogen-bond acceptors (Lipinski definition) is 7. The zero-order valence-corrected chi connectivity index (χ0v) is 22.0. The largest absolute Gasteiger partial charge is 0.497 e. The molecule has 3 aromatic carbocycles. The van der Waals surface area contributed by atoms with Crippen LogP contribution in [0.25, 0.3) is 0 Å². The molecule has 2 aliphatic rings. The Hall–Kier alpha value is -3.07. The molecule has 2 N–H and O–H groups in total. The van der Waals surface area contributed by atoms with E-state index in [0.717, 1.165) is 15.6 Å². The van der Waals surface area contributed by atoms with E-state index >= 15 is 0 Å². The van der Waals surface area contributed by atoms with E-state index in [-0.39, 0.29) is 0 Å². The van der Waals surface area contributed by atoms with Crippen LogP contribution in [0.15, 0.2) is 71.2 Å². The van der Waals surface area contributed by atoms with Crippen LogP contribution in [0.5, 0.6) is 11.5 Å². The van der Waals surface area contributed by atoms with Crippen molar-refractivity contribution in [3.8, 4) is 11.5 Å². The molecule has 0 spiro atoms. The number of anilines is 1. The summed E-state index contributed by atoms with van der Waals surface area (Å²) in [6.45, 7) is 0. The zero-order chi connectivity index (χ0) is 25.8. The number of aliphatic hydroxyl groups excluding tert-OH is 1. The lowest BCUT2D eigenvalue weighted by Crippen LogP contribution is -2.56. The first-order valence-electron chi connectivity index (χ1n) is 11.6. The van der Waals surface area contributed by atoms with Gasteiger partial charge in [0.2, 0.25) is 0 Å². The zero-order valence-electron chi connectivity index (χ0n) is 20.4. The van der Waals surface area contributed by atoms with Crippen LogP contribution in [0, 0.1) is 5.92 Å². The van der Waals surface area contributed by atoms with Crippen LogP contribution in [0.3, 0.4) is 0 Å². The van der Waals surface area contributed by atoms with Gasteiger partial charge in [-0.3, -0.25) is 4.79 Å². The average Bonchev–Trinajstić information content (AvgIpc) is 3.24. The number of hydrogen-bond donors (Lipinski definition) is 2. The molecule has 7 nitrogen and oxygen atoms in total. The maximum atomic E-state index is 13.3. The first-order chi connectivity index (χ1) is 17.3. The highest BCUT2D eigenvalue weighted by Gasteiger charge is 2.78. The molecule has 0 aromatic heterocycles. The molecule has 1 aliphatic heterocycles. The molecule has 3 aromatic rings. The van der Waals surface area contributed by atoms with Gasteiger partial charge >= 0.3 is 5.97 Å². The molecule has 5 atom stereocenters. The maximum Gasteiger partial charge on any atom is 0.312 e. The molecule has 0 saturated heterocycles. The van der Waals surface area contributed by atoms with Crippen molar-refractivity contribution in [1.82, 2.24) is 0 Å². The minimum atomic E-state index is -1.94. The van der Waals surface area contributed by atoms with E-state index in [9.17, 15) is 15.0 Å². The summed E-state index contributed by atoms with van der Waals surface area (Å²) in [6, 6.07) is 20.6. The molecule has 1 aliphatic carbocycles. The van der Waals surface area contributed by atoms with Gasteiger partial charge in [0.05, 0.1) is 38.5 Å². The second kappa shape index (κ2) is 8.80. The molecule has 1 heterocycles. The number of esters is 1. The highest BCUT2D eigenvalue weighted by Crippen LogP contribution is 2.71. The van der Waals surface area contributed by atoms with E-state index in [2.05, 4.69) is 15.9 Å². The number of carbonyl (C=O) groups is 1. The fraction of sp³-hybridized carbons (Fsp3) is 0.321. The fourth-order valence-electron chi connectivity index (χ4n) is 6.47. The summed E-state index contributed by atoms with van der Waals surface area (Å²) < 4.78 is 17.3. The second-order valence-electron chi connectivity index (χ2n) is 9.20. The number of aliphatic hydroxyl groups is 2. The number of methoxy groups -OCH3 is 3. The number of ether oxygens (including phenoxy) is 3. The van der Waals surface area contributed by atoms with Crippen molar-refractivity contribution in [2.75, 3.05) is 33.3 Å². The summed E-state index contributed by atoms with van der Waals surface area (Å²) in [5.74, 6) is -1.44. The number of carbonyl (C=O) groups excluding carboxylic acids is 1. The van der Waals surface area contributed by atoms with Crippen molar-refractivity contribution in [2.24, 2.45) is 5.92 Å². The summed E-state index contributed by atoms with van der Waals surface area (Å²) in [7, 11) is 6.22. The summed E-state index contributed by atoms with van der Waals surface area (Å²) in [4.78, 5) is 15.3. The number of likely N-dealkylation sites (N-methyl/N-ethyl adjacent to an activating group) is 1. The number of nitrogens with zero attached hydrogens (tertiary/aromatic N) is 1. The molecule has 0 unspecified atom stereocenters. The number of benzene rings is 3. The van der Waals surface area contributed by atoms with Crippen molar-refractivity contribution in [3.05, 3.63) is 87.9 Å². The van der Waals surface area contributed by atoms with Gasteiger partial charge < -0.3 is 29.3 Å². The molecule has 1 saturated carbocycles. The van der Waals surface area contributed by atoms with Gasteiger partial charge in [0, 0.05) is 29.6 Å². The molecule has 36 heavy (non-hydrogen) atoms. The third-order valence-electron chi connectivity index (χ3n) is 7.86. The molecular formula is C28H28BrNO6. The maximum absolute atomic E-state index is 13.3. The first kappa shape index (κ1) is 24.6. The monoisotopic (exact) mass is 553 g/mol.